The lowest BCUT2D eigenvalue weighted by atomic mass is 9.98. The van der Waals surface area contributed by atoms with Crippen LogP contribution < -0.4 is 10.2 Å². The number of nitrogens with zero attached hydrogens (tertiary/aromatic N) is 2. The van der Waals surface area contributed by atoms with Crippen molar-refractivity contribution in [1.29, 1.82) is 0 Å². The second-order valence-electron chi connectivity index (χ2n) is 6.76. The molecule has 21 heavy (non-hydrogen) atoms. The van der Waals surface area contributed by atoms with Gasteiger partial charge in [0.2, 0.25) is 0 Å². The predicted molar refractivity (Wildman–Crippen MR) is 91.9 cm³/mol. The van der Waals surface area contributed by atoms with E-state index in [2.05, 4.69) is 67.3 Å². The van der Waals surface area contributed by atoms with Crippen molar-refractivity contribution in [3.8, 4) is 0 Å². The third-order valence-corrected chi connectivity index (χ3v) is 4.66. The first kappa shape index (κ1) is 16.3. The SMILES string of the molecule is CC1CCN(C(C)CNCc2ccc(N(C)C)cc2)CC1. The molecule has 2 rings (SSSR count). The molecule has 1 aliphatic heterocycles. The zero-order valence-electron chi connectivity index (χ0n) is 14.1. The normalized spacial score (nSPS) is 18.7. The van der Waals surface area contributed by atoms with E-state index in [1.165, 1.54) is 37.2 Å². The molecular formula is C18H31N3. The summed E-state index contributed by atoms with van der Waals surface area (Å²) >= 11 is 0. The number of anilines is 1. The number of hydrogen-bond donors (Lipinski definition) is 1. The van der Waals surface area contributed by atoms with Crippen molar-refractivity contribution in [2.24, 2.45) is 5.92 Å². The molecule has 1 heterocycles. The Morgan fingerprint density at radius 1 is 1.19 bits per heavy atom. The Labute approximate surface area is 130 Å². The zero-order chi connectivity index (χ0) is 15.2. The van der Waals surface area contributed by atoms with Gasteiger partial charge >= 0.3 is 0 Å². The minimum absolute atomic E-state index is 0.638. The van der Waals surface area contributed by atoms with Gasteiger partial charge in [0.15, 0.2) is 0 Å². The molecule has 3 nitrogen and oxygen atoms in total. The standard InChI is InChI=1S/C18H31N3/c1-15-9-11-21(12-10-15)16(2)13-19-14-17-5-7-18(8-6-17)20(3)4/h5-8,15-16,19H,9-14H2,1-4H3. The van der Waals surface area contributed by atoms with Crippen LogP contribution in [0.25, 0.3) is 0 Å². The first-order valence-electron chi connectivity index (χ1n) is 8.27. The Morgan fingerprint density at radius 2 is 1.81 bits per heavy atom. The van der Waals surface area contributed by atoms with Crippen LogP contribution >= 0.6 is 0 Å². The maximum absolute atomic E-state index is 3.60. The van der Waals surface area contributed by atoms with Gasteiger partial charge in [-0.3, -0.25) is 4.90 Å². The summed E-state index contributed by atoms with van der Waals surface area (Å²) < 4.78 is 0. The summed E-state index contributed by atoms with van der Waals surface area (Å²) in [6.07, 6.45) is 2.71. The molecule has 1 fully saturated rings. The molecule has 0 aromatic heterocycles. The molecule has 1 aliphatic rings. The van der Waals surface area contributed by atoms with Crippen LogP contribution in [0, 0.1) is 5.92 Å². The van der Waals surface area contributed by atoms with Crippen molar-refractivity contribution in [2.45, 2.75) is 39.3 Å². The van der Waals surface area contributed by atoms with Gasteiger partial charge in [-0.25, -0.2) is 0 Å². The number of piperidine rings is 1. The molecule has 1 aromatic rings. The van der Waals surface area contributed by atoms with Crippen molar-refractivity contribution in [3.05, 3.63) is 29.8 Å². The van der Waals surface area contributed by atoms with E-state index in [0.717, 1.165) is 19.0 Å². The van der Waals surface area contributed by atoms with Crippen LogP contribution in [0.15, 0.2) is 24.3 Å². The monoisotopic (exact) mass is 289 g/mol. The van der Waals surface area contributed by atoms with E-state index in [1.54, 1.807) is 0 Å². The Morgan fingerprint density at radius 3 is 2.38 bits per heavy atom. The maximum Gasteiger partial charge on any atom is 0.0361 e. The molecule has 1 unspecified atom stereocenters. The molecule has 0 radical (unpaired) electrons. The van der Waals surface area contributed by atoms with Crippen LogP contribution in [0.3, 0.4) is 0 Å². The minimum Gasteiger partial charge on any atom is -0.378 e. The number of hydrogen-bond acceptors (Lipinski definition) is 3. The van der Waals surface area contributed by atoms with Crippen molar-refractivity contribution >= 4 is 5.69 Å². The highest BCUT2D eigenvalue weighted by molar-refractivity contribution is 5.45. The van der Waals surface area contributed by atoms with E-state index in [0.29, 0.717) is 6.04 Å². The summed E-state index contributed by atoms with van der Waals surface area (Å²) in [5.41, 5.74) is 2.62. The molecule has 1 saturated heterocycles. The molecule has 0 saturated carbocycles. The smallest absolute Gasteiger partial charge is 0.0361 e. The van der Waals surface area contributed by atoms with Gasteiger partial charge in [-0.1, -0.05) is 19.1 Å². The topological polar surface area (TPSA) is 18.5 Å². The summed E-state index contributed by atoms with van der Waals surface area (Å²) in [5.74, 6) is 0.914. The first-order chi connectivity index (χ1) is 10.1. The molecule has 0 bridgehead atoms. The quantitative estimate of drug-likeness (QED) is 0.868. The fourth-order valence-corrected chi connectivity index (χ4v) is 2.94. The highest BCUT2D eigenvalue weighted by atomic mass is 15.2. The van der Waals surface area contributed by atoms with Gasteiger partial charge in [-0.2, -0.15) is 0 Å². The lowest BCUT2D eigenvalue weighted by Gasteiger charge is -2.35. The van der Waals surface area contributed by atoms with Gasteiger partial charge in [0, 0.05) is 38.9 Å². The van der Waals surface area contributed by atoms with Crippen LogP contribution in [0.5, 0.6) is 0 Å². The average Bonchev–Trinajstić information content (AvgIpc) is 2.48. The summed E-state index contributed by atoms with van der Waals surface area (Å²) in [7, 11) is 4.16. The number of likely N-dealkylation sites (tertiary alicyclic amines) is 1. The Balaban J connectivity index is 1.71. The lowest BCUT2D eigenvalue weighted by Crippen LogP contribution is -2.44. The van der Waals surface area contributed by atoms with Crippen molar-refractivity contribution in [1.82, 2.24) is 10.2 Å². The van der Waals surface area contributed by atoms with Crippen LogP contribution in [0.2, 0.25) is 0 Å². The summed E-state index contributed by atoms with van der Waals surface area (Å²) in [6.45, 7) is 9.28. The van der Waals surface area contributed by atoms with Crippen LogP contribution in [-0.4, -0.2) is 44.7 Å². The fourth-order valence-electron chi connectivity index (χ4n) is 2.94. The molecule has 0 aliphatic carbocycles. The molecule has 0 spiro atoms. The molecule has 3 heteroatoms. The van der Waals surface area contributed by atoms with Crippen LogP contribution in [0.4, 0.5) is 5.69 Å². The maximum atomic E-state index is 3.60. The second kappa shape index (κ2) is 7.81. The van der Waals surface area contributed by atoms with E-state index in [1.807, 2.05) is 0 Å². The summed E-state index contributed by atoms with van der Waals surface area (Å²) in [5, 5.41) is 3.60. The molecule has 1 aromatic carbocycles. The van der Waals surface area contributed by atoms with Crippen molar-refractivity contribution in [2.75, 3.05) is 38.6 Å². The van der Waals surface area contributed by atoms with Gasteiger partial charge < -0.3 is 10.2 Å². The van der Waals surface area contributed by atoms with E-state index in [4.69, 9.17) is 0 Å². The molecule has 0 amide bonds. The highest BCUT2D eigenvalue weighted by Crippen LogP contribution is 2.17. The Hall–Kier alpha value is -1.06. The second-order valence-corrected chi connectivity index (χ2v) is 6.76. The molecule has 118 valence electrons. The van der Waals surface area contributed by atoms with E-state index < -0.39 is 0 Å². The van der Waals surface area contributed by atoms with Gasteiger partial charge in [0.05, 0.1) is 0 Å². The van der Waals surface area contributed by atoms with Gasteiger partial charge in [-0.15, -0.1) is 0 Å². The molecule has 1 atom stereocenters. The number of nitrogens with one attached hydrogen (secondary N) is 1. The highest BCUT2D eigenvalue weighted by Gasteiger charge is 2.19. The third kappa shape index (κ3) is 5.01. The lowest BCUT2D eigenvalue weighted by molar-refractivity contribution is 0.144. The van der Waals surface area contributed by atoms with E-state index >= 15 is 0 Å². The Bertz CT molecular complexity index is 405. The van der Waals surface area contributed by atoms with Crippen LogP contribution in [-0.2, 0) is 6.54 Å². The number of benzene rings is 1. The average molecular weight is 289 g/mol. The van der Waals surface area contributed by atoms with Crippen LogP contribution in [0.1, 0.15) is 32.3 Å². The van der Waals surface area contributed by atoms with E-state index in [-0.39, 0.29) is 0 Å². The van der Waals surface area contributed by atoms with Gasteiger partial charge in [0.25, 0.3) is 0 Å². The van der Waals surface area contributed by atoms with Gasteiger partial charge in [0.1, 0.15) is 0 Å². The molecule has 1 N–H and O–H groups in total. The summed E-state index contributed by atoms with van der Waals surface area (Å²) in [4.78, 5) is 4.76. The number of rotatable bonds is 6. The predicted octanol–water partition coefficient (Wildman–Crippen LogP) is 2.96. The minimum atomic E-state index is 0.638. The van der Waals surface area contributed by atoms with Gasteiger partial charge in [-0.05, 0) is 56.5 Å². The molecular weight excluding hydrogens is 258 g/mol. The zero-order valence-corrected chi connectivity index (χ0v) is 14.1. The van der Waals surface area contributed by atoms with Crippen molar-refractivity contribution < 1.29 is 0 Å². The fraction of sp³-hybridized carbons (Fsp3) is 0.667. The van der Waals surface area contributed by atoms with Crippen molar-refractivity contribution in [3.63, 3.8) is 0 Å². The summed E-state index contributed by atoms with van der Waals surface area (Å²) in [6, 6.07) is 9.45. The largest absolute Gasteiger partial charge is 0.378 e. The first-order valence-corrected chi connectivity index (χ1v) is 8.27. The van der Waals surface area contributed by atoms with E-state index in [9.17, 15) is 0 Å². The third-order valence-electron chi connectivity index (χ3n) is 4.66. The Kier molecular flexibility index (Phi) is 6.07.